The summed E-state index contributed by atoms with van der Waals surface area (Å²) < 4.78 is 0. The van der Waals surface area contributed by atoms with Crippen molar-refractivity contribution in [3.8, 4) is 0 Å². The zero-order valence-corrected chi connectivity index (χ0v) is 8.45. The first kappa shape index (κ1) is 10.7. The second kappa shape index (κ2) is 4.24. The summed E-state index contributed by atoms with van der Waals surface area (Å²) in [7, 11) is 0. The van der Waals surface area contributed by atoms with E-state index < -0.39 is 5.97 Å². The van der Waals surface area contributed by atoms with Gasteiger partial charge in [-0.2, -0.15) is 0 Å². The van der Waals surface area contributed by atoms with Crippen LogP contribution < -0.4 is 5.73 Å². The van der Waals surface area contributed by atoms with Crippen LogP contribution >= 0.6 is 0 Å². The van der Waals surface area contributed by atoms with Crippen molar-refractivity contribution in [1.29, 1.82) is 0 Å². The first-order valence-electron chi connectivity index (χ1n) is 4.65. The molecule has 0 saturated heterocycles. The highest BCUT2D eigenvalue weighted by atomic mass is 16.4. The molecule has 3 nitrogen and oxygen atoms in total. The predicted molar refractivity (Wildman–Crippen MR) is 55.4 cm³/mol. The number of aromatic carboxylic acids is 1. The van der Waals surface area contributed by atoms with E-state index in [4.69, 9.17) is 10.8 Å². The molecule has 1 atom stereocenters. The van der Waals surface area contributed by atoms with Gasteiger partial charge in [-0.05, 0) is 30.5 Å². The van der Waals surface area contributed by atoms with Gasteiger partial charge in [-0.1, -0.05) is 19.1 Å². The minimum atomic E-state index is -0.896. The number of hydrogen-bond acceptors (Lipinski definition) is 2. The van der Waals surface area contributed by atoms with E-state index in [1.165, 1.54) is 0 Å². The first-order valence-corrected chi connectivity index (χ1v) is 4.65. The Labute approximate surface area is 83.6 Å². The van der Waals surface area contributed by atoms with Crippen LogP contribution in [0.25, 0.3) is 0 Å². The molecule has 0 aromatic heterocycles. The highest BCUT2D eigenvalue weighted by molar-refractivity contribution is 5.89. The van der Waals surface area contributed by atoms with Crippen molar-refractivity contribution < 1.29 is 9.90 Å². The molecule has 0 radical (unpaired) electrons. The van der Waals surface area contributed by atoms with E-state index >= 15 is 0 Å². The van der Waals surface area contributed by atoms with Gasteiger partial charge in [0.2, 0.25) is 0 Å². The van der Waals surface area contributed by atoms with E-state index in [0.717, 1.165) is 17.5 Å². The van der Waals surface area contributed by atoms with Crippen LogP contribution in [0.2, 0.25) is 0 Å². The molecule has 0 heterocycles. The SMILES string of the molecule is CC[C@H](N)c1ccc(C)c(C(=O)O)c1. The third kappa shape index (κ3) is 2.12. The summed E-state index contributed by atoms with van der Waals surface area (Å²) in [6, 6.07) is 5.27. The quantitative estimate of drug-likeness (QED) is 0.772. The van der Waals surface area contributed by atoms with Crippen LogP contribution in [0.5, 0.6) is 0 Å². The standard InChI is InChI=1S/C11H15NO2/c1-3-10(12)8-5-4-7(2)9(6-8)11(13)14/h4-6,10H,3,12H2,1-2H3,(H,13,14)/t10-/m0/s1. The molecule has 0 fully saturated rings. The number of rotatable bonds is 3. The van der Waals surface area contributed by atoms with Crippen LogP contribution in [0.1, 0.15) is 40.9 Å². The van der Waals surface area contributed by atoms with Crippen LogP contribution in [0, 0.1) is 6.92 Å². The van der Waals surface area contributed by atoms with Gasteiger partial charge >= 0.3 is 5.97 Å². The first-order chi connectivity index (χ1) is 6.56. The van der Waals surface area contributed by atoms with Crippen LogP contribution in [0.4, 0.5) is 0 Å². The second-order valence-electron chi connectivity index (χ2n) is 3.39. The summed E-state index contributed by atoms with van der Waals surface area (Å²) >= 11 is 0. The van der Waals surface area contributed by atoms with Crippen LogP contribution in [0.3, 0.4) is 0 Å². The number of aryl methyl sites for hydroxylation is 1. The maximum atomic E-state index is 10.8. The van der Waals surface area contributed by atoms with Gasteiger partial charge in [-0.15, -0.1) is 0 Å². The topological polar surface area (TPSA) is 63.3 Å². The lowest BCUT2D eigenvalue weighted by atomic mass is 9.99. The van der Waals surface area contributed by atoms with Crippen LogP contribution in [0.15, 0.2) is 18.2 Å². The Morgan fingerprint density at radius 1 is 1.57 bits per heavy atom. The molecule has 0 aliphatic carbocycles. The molecule has 3 N–H and O–H groups in total. The third-order valence-corrected chi connectivity index (χ3v) is 2.36. The maximum Gasteiger partial charge on any atom is 0.335 e. The van der Waals surface area contributed by atoms with E-state index in [0.29, 0.717) is 5.56 Å². The Kier molecular flexibility index (Phi) is 3.25. The number of carbonyl (C=O) groups is 1. The van der Waals surface area contributed by atoms with E-state index in [2.05, 4.69) is 0 Å². The van der Waals surface area contributed by atoms with Gasteiger partial charge in [0, 0.05) is 6.04 Å². The van der Waals surface area contributed by atoms with Crippen LogP contribution in [-0.2, 0) is 0 Å². The lowest BCUT2D eigenvalue weighted by molar-refractivity contribution is 0.0696. The highest BCUT2D eigenvalue weighted by Gasteiger charge is 2.10. The third-order valence-electron chi connectivity index (χ3n) is 2.36. The zero-order valence-electron chi connectivity index (χ0n) is 8.45. The molecule has 1 aromatic rings. The smallest absolute Gasteiger partial charge is 0.335 e. The molecule has 0 unspecified atom stereocenters. The van der Waals surface area contributed by atoms with Gasteiger partial charge in [0.1, 0.15) is 0 Å². The van der Waals surface area contributed by atoms with Gasteiger partial charge in [0.05, 0.1) is 5.56 Å². The Balaban J connectivity index is 3.12. The van der Waals surface area contributed by atoms with Crippen LogP contribution in [-0.4, -0.2) is 11.1 Å². The summed E-state index contributed by atoms with van der Waals surface area (Å²) in [6.45, 7) is 3.76. The van der Waals surface area contributed by atoms with Gasteiger partial charge in [0.15, 0.2) is 0 Å². The van der Waals surface area contributed by atoms with Crippen molar-refractivity contribution in [2.24, 2.45) is 5.73 Å². The summed E-state index contributed by atoms with van der Waals surface area (Å²) in [5.74, 6) is -0.896. The molecule has 0 bridgehead atoms. The van der Waals surface area contributed by atoms with Gasteiger partial charge < -0.3 is 10.8 Å². The van der Waals surface area contributed by atoms with Crippen molar-refractivity contribution in [3.63, 3.8) is 0 Å². The molecule has 14 heavy (non-hydrogen) atoms. The molecule has 1 rings (SSSR count). The molecule has 3 heteroatoms. The number of benzene rings is 1. The van der Waals surface area contributed by atoms with E-state index in [1.54, 1.807) is 19.1 Å². The predicted octanol–water partition coefficient (Wildman–Crippen LogP) is 2.10. The fraction of sp³-hybridized carbons (Fsp3) is 0.364. The van der Waals surface area contributed by atoms with E-state index in [-0.39, 0.29) is 6.04 Å². The minimum absolute atomic E-state index is 0.0753. The molecular formula is C11H15NO2. The normalized spacial score (nSPS) is 12.5. The molecule has 0 amide bonds. The minimum Gasteiger partial charge on any atom is -0.478 e. The number of nitrogens with two attached hydrogens (primary N) is 1. The molecule has 0 aliphatic heterocycles. The summed E-state index contributed by atoms with van der Waals surface area (Å²) in [4.78, 5) is 10.8. The van der Waals surface area contributed by atoms with Crippen molar-refractivity contribution in [2.45, 2.75) is 26.3 Å². The fourth-order valence-corrected chi connectivity index (χ4v) is 1.34. The van der Waals surface area contributed by atoms with E-state index in [1.807, 2.05) is 13.0 Å². The number of hydrogen-bond donors (Lipinski definition) is 2. The summed E-state index contributed by atoms with van der Waals surface area (Å²) in [6.07, 6.45) is 0.808. The number of carboxylic acids is 1. The Morgan fingerprint density at radius 3 is 2.71 bits per heavy atom. The van der Waals surface area contributed by atoms with Crippen molar-refractivity contribution >= 4 is 5.97 Å². The average molecular weight is 193 g/mol. The molecule has 1 aromatic carbocycles. The molecule has 76 valence electrons. The zero-order chi connectivity index (χ0) is 10.7. The lowest BCUT2D eigenvalue weighted by Gasteiger charge is -2.10. The van der Waals surface area contributed by atoms with Gasteiger partial charge in [0.25, 0.3) is 0 Å². The second-order valence-corrected chi connectivity index (χ2v) is 3.39. The molecule has 0 saturated carbocycles. The van der Waals surface area contributed by atoms with Gasteiger partial charge in [-0.25, -0.2) is 4.79 Å². The Bertz CT molecular complexity index is 347. The largest absolute Gasteiger partial charge is 0.478 e. The van der Waals surface area contributed by atoms with Crippen molar-refractivity contribution in [1.82, 2.24) is 0 Å². The average Bonchev–Trinajstić information content (AvgIpc) is 2.17. The molecule has 0 spiro atoms. The molecular weight excluding hydrogens is 178 g/mol. The maximum absolute atomic E-state index is 10.8. The highest BCUT2D eigenvalue weighted by Crippen LogP contribution is 2.18. The fourth-order valence-electron chi connectivity index (χ4n) is 1.34. The van der Waals surface area contributed by atoms with Crippen molar-refractivity contribution in [2.75, 3.05) is 0 Å². The molecule has 0 aliphatic rings. The van der Waals surface area contributed by atoms with Gasteiger partial charge in [-0.3, -0.25) is 0 Å². The monoisotopic (exact) mass is 193 g/mol. The lowest BCUT2D eigenvalue weighted by Crippen LogP contribution is -2.10. The van der Waals surface area contributed by atoms with Crippen molar-refractivity contribution in [3.05, 3.63) is 34.9 Å². The Hall–Kier alpha value is -1.35. The summed E-state index contributed by atoms with van der Waals surface area (Å²) in [5, 5.41) is 8.90. The Morgan fingerprint density at radius 2 is 2.21 bits per heavy atom. The number of carboxylic acid groups (broad SMARTS) is 1. The summed E-state index contributed by atoms with van der Waals surface area (Å²) in [5.41, 5.74) is 7.81. The van der Waals surface area contributed by atoms with E-state index in [9.17, 15) is 4.79 Å².